The van der Waals surface area contributed by atoms with Gasteiger partial charge in [-0.3, -0.25) is 20.0 Å². The maximum absolute atomic E-state index is 4.31. The molecule has 0 saturated heterocycles. The number of rotatable bonds is 2. The fourth-order valence-corrected chi connectivity index (χ4v) is 2.04. The Morgan fingerprint density at radius 2 is 0.833 bits per heavy atom. The van der Waals surface area contributed by atoms with E-state index in [2.05, 4.69) is 30.6 Å². The van der Waals surface area contributed by atoms with Crippen LogP contribution in [-0.2, 0) is 0 Å². The second-order valence-electron chi connectivity index (χ2n) is 3.54. The summed E-state index contributed by atoms with van der Waals surface area (Å²) in [6.45, 7) is 0. The lowest BCUT2D eigenvalue weighted by Gasteiger charge is -2.10. The van der Waals surface area contributed by atoms with E-state index in [1.165, 1.54) is 0 Å². The van der Waals surface area contributed by atoms with Crippen molar-refractivity contribution in [3.8, 4) is 0 Å². The van der Waals surface area contributed by atoms with E-state index >= 15 is 0 Å². The van der Waals surface area contributed by atoms with E-state index in [4.69, 9.17) is 0 Å². The summed E-state index contributed by atoms with van der Waals surface area (Å²) in [5, 5.41) is 9.38. The molecular weight excluding hydrogens is 228 g/mol. The third-order valence-electron chi connectivity index (χ3n) is 2.79. The summed E-state index contributed by atoms with van der Waals surface area (Å²) in [6.07, 6.45) is 0. The summed E-state index contributed by atoms with van der Waals surface area (Å²) < 4.78 is 0. The van der Waals surface area contributed by atoms with Gasteiger partial charge < -0.3 is 10.6 Å². The Bertz CT molecular complexity index is 601. The van der Waals surface area contributed by atoms with Gasteiger partial charge in [0.1, 0.15) is 21.4 Å². The molecule has 0 bridgehead atoms. The molecule has 0 fully saturated rings. The van der Waals surface area contributed by atoms with Crippen LogP contribution in [-0.4, -0.2) is 42.3 Å². The number of anilines is 2. The summed E-state index contributed by atoms with van der Waals surface area (Å²) in [6, 6.07) is 0. The lowest BCUT2D eigenvalue weighted by molar-refractivity contribution is 1.04. The Hall–Kier alpha value is -1.98. The van der Waals surface area contributed by atoms with Crippen LogP contribution in [0.5, 0.6) is 0 Å². The van der Waals surface area contributed by atoms with Crippen molar-refractivity contribution in [3.63, 3.8) is 0 Å². The van der Waals surface area contributed by atoms with Crippen LogP contribution in [0.1, 0.15) is 0 Å². The van der Waals surface area contributed by atoms with E-state index in [0.717, 1.165) is 32.8 Å². The average molecular weight is 248 g/mol. The van der Waals surface area contributed by atoms with E-state index in [9.17, 15) is 0 Å². The standard InChI is InChI=1S/C12H20N6/c1-13-7-8(14-2)10(16-4)12(18-6)11(17-5)9(7)15-3/h13-14H,1-6H3. The smallest absolute Gasteiger partial charge is 0.112 e. The molecular formula is C12H20N6. The zero-order valence-electron chi connectivity index (χ0n) is 11.8. The third kappa shape index (κ3) is 2.05. The molecule has 0 saturated carbocycles. The third-order valence-corrected chi connectivity index (χ3v) is 2.79. The Morgan fingerprint density at radius 3 is 1.00 bits per heavy atom. The molecule has 0 aromatic heterocycles. The Kier molecular flexibility index (Phi) is 4.76. The Labute approximate surface area is 106 Å². The van der Waals surface area contributed by atoms with Gasteiger partial charge in [-0.25, -0.2) is 0 Å². The predicted molar refractivity (Wildman–Crippen MR) is 73.9 cm³/mol. The summed E-state index contributed by atoms with van der Waals surface area (Å²) >= 11 is 0. The molecule has 0 aliphatic carbocycles. The maximum atomic E-state index is 4.31. The SMILES string of the molecule is CN=c1c(NC)c(NC)c(=NC)c(=NC)c1=NC. The molecule has 0 radical (unpaired) electrons. The van der Waals surface area contributed by atoms with E-state index in [1.807, 2.05) is 14.1 Å². The topological polar surface area (TPSA) is 73.5 Å². The first kappa shape index (κ1) is 14.1. The van der Waals surface area contributed by atoms with Gasteiger partial charge in [-0.05, 0) is 0 Å². The lowest BCUT2D eigenvalue weighted by atomic mass is 10.2. The maximum Gasteiger partial charge on any atom is 0.112 e. The van der Waals surface area contributed by atoms with Crippen molar-refractivity contribution in [1.82, 2.24) is 0 Å². The van der Waals surface area contributed by atoms with Gasteiger partial charge >= 0.3 is 0 Å². The van der Waals surface area contributed by atoms with Crippen molar-refractivity contribution in [2.24, 2.45) is 20.0 Å². The Morgan fingerprint density at radius 1 is 0.556 bits per heavy atom. The van der Waals surface area contributed by atoms with Crippen molar-refractivity contribution in [3.05, 3.63) is 21.4 Å². The molecule has 0 aliphatic heterocycles. The molecule has 98 valence electrons. The average Bonchev–Trinajstić information content (AvgIpc) is 2.43. The molecule has 0 unspecified atom stereocenters. The van der Waals surface area contributed by atoms with Crippen molar-refractivity contribution >= 4 is 11.4 Å². The predicted octanol–water partition coefficient (Wildman–Crippen LogP) is -1.23. The summed E-state index contributed by atoms with van der Waals surface area (Å²) in [5.74, 6) is 0. The van der Waals surface area contributed by atoms with Gasteiger partial charge in [0.05, 0.1) is 11.4 Å². The van der Waals surface area contributed by atoms with Gasteiger partial charge in [0.25, 0.3) is 0 Å². The quantitative estimate of drug-likeness (QED) is 0.687. The zero-order chi connectivity index (χ0) is 13.7. The summed E-state index contributed by atoms with van der Waals surface area (Å²) in [5.41, 5.74) is 1.77. The van der Waals surface area contributed by atoms with Crippen LogP contribution in [0.25, 0.3) is 0 Å². The minimum Gasteiger partial charge on any atom is -0.385 e. The fraction of sp³-hybridized carbons (Fsp3) is 0.500. The molecule has 2 N–H and O–H groups in total. The molecule has 0 spiro atoms. The second kappa shape index (κ2) is 6.09. The van der Waals surface area contributed by atoms with Gasteiger partial charge in [-0.15, -0.1) is 0 Å². The highest BCUT2D eigenvalue weighted by atomic mass is 15.0. The van der Waals surface area contributed by atoms with Gasteiger partial charge in [-0.1, -0.05) is 0 Å². The molecule has 18 heavy (non-hydrogen) atoms. The van der Waals surface area contributed by atoms with Crippen molar-refractivity contribution in [2.75, 3.05) is 52.9 Å². The minimum atomic E-state index is 0.754. The molecule has 0 atom stereocenters. The molecule has 0 aliphatic rings. The highest BCUT2D eigenvalue weighted by Gasteiger charge is 2.10. The normalized spacial score (nSPS) is 15.4. The van der Waals surface area contributed by atoms with Crippen LogP contribution in [0.15, 0.2) is 20.0 Å². The zero-order valence-corrected chi connectivity index (χ0v) is 11.8. The largest absolute Gasteiger partial charge is 0.385 e. The molecule has 1 aromatic rings. The van der Waals surface area contributed by atoms with Crippen LogP contribution in [0.3, 0.4) is 0 Å². The van der Waals surface area contributed by atoms with Gasteiger partial charge in [-0.2, -0.15) is 0 Å². The number of hydrogen-bond acceptors (Lipinski definition) is 6. The van der Waals surface area contributed by atoms with E-state index < -0.39 is 0 Å². The first-order valence-electron chi connectivity index (χ1n) is 5.68. The van der Waals surface area contributed by atoms with Crippen molar-refractivity contribution < 1.29 is 0 Å². The van der Waals surface area contributed by atoms with Crippen LogP contribution < -0.4 is 32.1 Å². The number of hydrogen-bond donors (Lipinski definition) is 2. The van der Waals surface area contributed by atoms with Crippen LogP contribution in [0.2, 0.25) is 0 Å². The monoisotopic (exact) mass is 248 g/mol. The highest BCUT2D eigenvalue weighted by molar-refractivity contribution is 5.67. The summed E-state index contributed by atoms with van der Waals surface area (Å²) in [7, 11) is 10.7. The molecule has 0 amide bonds. The fourth-order valence-electron chi connectivity index (χ4n) is 2.04. The number of nitrogens with zero attached hydrogens (tertiary/aromatic N) is 4. The molecule has 1 rings (SSSR count). The van der Waals surface area contributed by atoms with Crippen molar-refractivity contribution in [2.45, 2.75) is 0 Å². The van der Waals surface area contributed by atoms with E-state index in [-0.39, 0.29) is 0 Å². The van der Waals surface area contributed by atoms with Crippen LogP contribution in [0, 0.1) is 0 Å². The van der Waals surface area contributed by atoms with Gasteiger partial charge in [0, 0.05) is 42.3 Å². The molecule has 6 heteroatoms. The second-order valence-corrected chi connectivity index (χ2v) is 3.54. The minimum absolute atomic E-state index is 0.754. The summed E-state index contributed by atoms with van der Waals surface area (Å²) in [4.78, 5) is 17.2. The van der Waals surface area contributed by atoms with Crippen molar-refractivity contribution in [1.29, 1.82) is 0 Å². The number of nitrogens with one attached hydrogen (secondary N) is 2. The van der Waals surface area contributed by atoms with E-state index in [0.29, 0.717) is 0 Å². The van der Waals surface area contributed by atoms with Crippen LogP contribution in [0.4, 0.5) is 11.4 Å². The molecule has 6 nitrogen and oxygen atoms in total. The Balaban J connectivity index is 4.29. The first-order chi connectivity index (χ1) is 8.69. The lowest BCUT2D eigenvalue weighted by Crippen LogP contribution is -2.51. The van der Waals surface area contributed by atoms with E-state index in [1.54, 1.807) is 28.2 Å². The van der Waals surface area contributed by atoms with Gasteiger partial charge in [0.2, 0.25) is 0 Å². The number of benzene rings is 1. The van der Waals surface area contributed by atoms with Crippen LogP contribution >= 0.6 is 0 Å². The first-order valence-corrected chi connectivity index (χ1v) is 5.68. The van der Waals surface area contributed by atoms with Gasteiger partial charge in [0.15, 0.2) is 0 Å². The molecule has 0 heterocycles. The molecule has 1 aromatic carbocycles. The highest BCUT2D eigenvalue weighted by Crippen LogP contribution is 2.06.